The minimum absolute atomic E-state index is 0.100. The van der Waals surface area contributed by atoms with Crippen molar-refractivity contribution in [1.82, 2.24) is 5.32 Å². The molecular formula is C18H28BrNO4. The topological polar surface area (TPSA) is 56.8 Å². The summed E-state index contributed by atoms with van der Waals surface area (Å²) in [6.45, 7) is 10.5. The molecule has 0 radical (unpaired) electrons. The smallest absolute Gasteiger partial charge is 0.253 e. The summed E-state index contributed by atoms with van der Waals surface area (Å²) in [4.78, 5) is 12.8. The maximum atomic E-state index is 12.8. The van der Waals surface area contributed by atoms with E-state index in [9.17, 15) is 4.79 Å². The number of carbonyl (C=O) groups excluding carboxylic acids is 1. The van der Waals surface area contributed by atoms with Gasteiger partial charge in [-0.2, -0.15) is 0 Å². The van der Waals surface area contributed by atoms with Gasteiger partial charge in [0.05, 0.1) is 31.4 Å². The first-order chi connectivity index (χ1) is 11.0. The van der Waals surface area contributed by atoms with Crippen LogP contribution in [0.3, 0.4) is 0 Å². The average Bonchev–Trinajstić information content (AvgIpc) is 2.42. The van der Waals surface area contributed by atoms with Gasteiger partial charge >= 0.3 is 0 Å². The van der Waals surface area contributed by atoms with Crippen LogP contribution in [-0.2, 0) is 0 Å². The van der Waals surface area contributed by atoms with Crippen LogP contribution in [0, 0.1) is 5.41 Å². The second-order valence-electron chi connectivity index (χ2n) is 7.58. The molecule has 1 aromatic carbocycles. The molecule has 5 nitrogen and oxygen atoms in total. The minimum atomic E-state index is -0.352. The Morgan fingerprint density at radius 2 is 1.58 bits per heavy atom. The number of hydrogen-bond acceptors (Lipinski definition) is 4. The highest BCUT2D eigenvalue weighted by atomic mass is 79.9. The molecule has 0 unspecified atom stereocenters. The summed E-state index contributed by atoms with van der Waals surface area (Å²) in [6.07, 6.45) is 0.841. The van der Waals surface area contributed by atoms with Gasteiger partial charge < -0.3 is 19.5 Å². The van der Waals surface area contributed by atoms with E-state index in [0.29, 0.717) is 27.3 Å². The van der Waals surface area contributed by atoms with Crippen molar-refractivity contribution in [3.05, 3.63) is 16.1 Å². The van der Waals surface area contributed by atoms with Gasteiger partial charge in [-0.1, -0.05) is 20.8 Å². The number of nitrogens with one attached hydrogen (secondary N) is 1. The van der Waals surface area contributed by atoms with Crippen molar-refractivity contribution in [1.29, 1.82) is 0 Å². The Kier molecular flexibility index (Phi) is 6.56. The number of ether oxygens (including phenoxy) is 3. The average molecular weight is 402 g/mol. The molecule has 0 spiro atoms. The monoisotopic (exact) mass is 401 g/mol. The Balaban J connectivity index is 3.24. The van der Waals surface area contributed by atoms with Crippen molar-refractivity contribution in [2.24, 2.45) is 5.41 Å². The summed E-state index contributed by atoms with van der Waals surface area (Å²) in [7, 11) is 4.57. The predicted molar refractivity (Wildman–Crippen MR) is 99.4 cm³/mol. The minimum Gasteiger partial charge on any atom is -0.493 e. The van der Waals surface area contributed by atoms with Crippen LogP contribution in [0.25, 0.3) is 0 Å². The molecule has 0 aromatic heterocycles. The third kappa shape index (κ3) is 5.03. The number of methoxy groups -OCH3 is 3. The zero-order chi connectivity index (χ0) is 18.7. The largest absolute Gasteiger partial charge is 0.493 e. The normalized spacial score (nSPS) is 11.9. The van der Waals surface area contributed by atoms with E-state index in [4.69, 9.17) is 14.2 Å². The second-order valence-corrected chi connectivity index (χ2v) is 8.38. The van der Waals surface area contributed by atoms with E-state index in [1.54, 1.807) is 6.07 Å². The molecule has 1 N–H and O–H groups in total. The van der Waals surface area contributed by atoms with Crippen molar-refractivity contribution in [2.45, 2.75) is 46.6 Å². The summed E-state index contributed by atoms with van der Waals surface area (Å²) in [6, 6.07) is 1.65. The molecule has 1 rings (SSSR count). The standard InChI is InChI=1S/C18H28BrNO4/c1-17(2,3)10-18(4,5)20-16(21)11-9-12(22-6)14(23-7)15(24-8)13(11)19/h9H,10H2,1-8H3,(H,20,21). The van der Waals surface area contributed by atoms with Crippen LogP contribution >= 0.6 is 15.9 Å². The van der Waals surface area contributed by atoms with Gasteiger partial charge in [-0.15, -0.1) is 0 Å². The maximum absolute atomic E-state index is 12.8. The lowest BCUT2D eigenvalue weighted by Crippen LogP contribution is -2.45. The number of rotatable bonds is 6. The third-order valence-corrected chi connectivity index (χ3v) is 4.23. The molecule has 0 fully saturated rings. The second kappa shape index (κ2) is 7.64. The lowest BCUT2D eigenvalue weighted by molar-refractivity contribution is 0.0889. The van der Waals surface area contributed by atoms with E-state index in [1.165, 1.54) is 21.3 Å². The number of carbonyl (C=O) groups is 1. The molecule has 0 aliphatic carbocycles. The van der Waals surface area contributed by atoms with Crippen LogP contribution in [0.4, 0.5) is 0 Å². The van der Waals surface area contributed by atoms with Gasteiger partial charge in [0.15, 0.2) is 11.5 Å². The Morgan fingerprint density at radius 3 is 2.00 bits per heavy atom. The number of halogens is 1. The van der Waals surface area contributed by atoms with Crippen LogP contribution in [0.5, 0.6) is 17.2 Å². The summed E-state index contributed by atoms with van der Waals surface area (Å²) in [5, 5.41) is 3.09. The summed E-state index contributed by atoms with van der Waals surface area (Å²) < 4.78 is 16.6. The zero-order valence-corrected chi connectivity index (χ0v) is 17.4. The summed E-state index contributed by atoms with van der Waals surface area (Å²) >= 11 is 3.44. The highest BCUT2D eigenvalue weighted by molar-refractivity contribution is 9.10. The molecule has 0 heterocycles. The Labute approximate surface area is 153 Å². The molecule has 24 heavy (non-hydrogen) atoms. The Bertz CT molecular complexity index is 606. The fraction of sp³-hybridized carbons (Fsp3) is 0.611. The van der Waals surface area contributed by atoms with Crippen LogP contribution in [0.1, 0.15) is 51.4 Å². The van der Waals surface area contributed by atoms with Gasteiger partial charge in [0.25, 0.3) is 5.91 Å². The van der Waals surface area contributed by atoms with E-state index in [-0.39, 0.29) is 16.9 Å². The van der Waals surface area contributed by atoms with Gasteiger partial charge in [0.2, 0.25) is 5.75 Å². The Morgan fingerprint density at radius 1 is 1.04 bits per heavy atom. The molecule has 1 aromatic rings. The Hall–Kier alpha value is -1.43. The SMILES string of the molecule is COc1cc(C(=O)NC(C)(C)CC(C)(C)C)c(Br)c(OC)c1OC. The van der Waals surface area contributed by atoms with Gasteiger partial charge in [-0.3, -0.25) is 4.79 Å². The number of benzene rings is 1. The molecule has 1 amide bonds. The van der Waals surface area contributed by atoms with Gasteiger partial charge in [-0.05, 0) is 47.7 Å². The molecule has 0 saturated carbocycles. The predicted octanol–water partition coefficient (Wildman–Crippen LogP) is 4.42. The van der Waals surface area contributed by atoms with Crippen LogP contribution in [0.15, 0.2) is 10.5 Å². The number of amides is 1. The van der Waals surface area contributed by atoms with Crippen molar-refractivity contribution in [3.63, 3.8) is 0 Å². The van der Waals surface area contributed by atoms with Crippen LogP contribution < -0.4 is 19.5 Å². The third-order valence-electron chi connectivity index (χ3n) is 3.44. The van der Waals surface area contributed by atoms with E-state index in [0.717, 1.165) is 6.42 Å². The zero-order valence-electron chi connectivity index (χ0n) is 15.8. The number of hydrogen-bond donors (Lipinski definition) is 1. The molecule has 0 atom stereocenters. The maximum Gasteiger partial charge on any atom is 0.253 e. The molecule has 0 saturated heterocycles. The summed E-state index contributed by atoms with van der Waals surface area (Å²) in [5.74, 6) is 1.11. The highest BCUT2D eigenvalue weighted by Gasteiger charge is 2.29. The fourth-order valence-corrected chi connectivity index (χ4v) is 3.67. The quantitative estimate of drug-likeness (QED) is 0.766. The molecular weight excluding hydrogens is 374 g/mol. The molecule has 136 valence electrons. The van der Waals surface area contributed by atoms with Crippen LogP contribution in [-0.4, -0.2) is 32.8 Å². The van der Waals surface area contributed by atoms with Gasteiger partial charge in [0.1, 0.15) is 0 Å². The fourth-order valence-electron chi connectivity index (χ4n) is 3.03. The first-order valence-electron chi connectivity index (χ1n) is 7.76. The highest BCUT2D eigenvalue weighted by Crippen LogP contribution is 2.44. The lowest BCUT2D eigenvalue weighted by atomic mass is 9.81. The van der Waals surface area contributed by atoms with Gasteiger partial charge in [-0.25, -0.2) is 0 Å². The van der Waals surface area contributed by atoms with Crippen molar-refractivity contribution < 1.29 is 19.0 Å². The van der Waals surface area contributed by atoms with Crippen molar-refractivity contribution in [2.75, 3.05) is 21.3 Å². The van der Waals surface area contributed by atoms with Crippen molar-refractivity contribution >= 4 is 21.8 Å². The van der Waals surface area contributed by atoms with Crippen molar-refractivity contribution in [3.8, 4) is 17.2 Å². The van der Waals surface area contributed by atoms with E-state index in [2.05, 4.69) is 42.0 Å². The first-order valence-corrected chi connectivity index (χ1v) is 8.56. The van der Waals surface area contributed by atoms with Crippen LogP contribution in [0.2, 0.25) is 0 Å². The van der Waals surface area contributed by atoms with E-state index < -0.39 is 0 Å². The molecule has 0 aliphatic heterocycles. The molecule has 0 bridgehead atoms. The van der Waals surface area contributed by atoms with Gasteiger partial charge in [0, 0.05) is 5.54 Å². The molecule has 6 heteroatoms. The lowest BCUT2D eigenvalue weighted by Gasteiger charge is -2.33. The summed E-state index contributed by atoms with van der Waals surface area (Å²) in [5.41, 5.74) is 0.185. The molecule has 0 aliphatic rings. The van der Waals surface area contributed by atoms with E-state index in [1.807, 2.05) is 13.8 Å². The first kappa shape index (κ1) is 20.6. The van der Waals surface area contributed by atoms with E-state index >= 15 is 0 Å².